The van der Waals surface area contributed by atoms with Crippen LogP contribution in [0.25, 0.3) is 0 Å². The predicted octanol–water partition coefficient (Wildman–Crippen LogP) is -1.79. The van der Waals surface area contributed by atoms with E-state index in [9.17, 15) is 10.1 Å². The van der Waals surface area contributed by atoms with Crippen LogP contribution in [-0.2, 0) is 4.94 Å². The van der Waals surface area contributed by atoms with Crippen LogP contribution in [0.3, 0.4) is 0 Å². The molecule has 2 aliphatic heterocycles. The summed E-state index contributed by atoms with van der Waals surface area (Å²) in [6.07, 6.45) is 0. The van der Waals surface area contributed by atoms with Gasteiger partial charge in [-0.05, 0) is 0 Å². The predicted molar refractivity (Wildman–Crippen MR) is 31.2 cm³/mol. The van der Waals surface area contributed by atoms with Gasteiger partial charge in [0, 0.05) is 0 Å². The molecule has 0 amide bonds. The van der Waals surface area contributed by atoms with Gasteiger partial charge >= 0.3 is 0 Å². The molecule has 0 saturated heterocycles. The minimum Gasteiger partial charge on any atom is -0.350 e. The van der Waals surface area contributed by atoms with Gasteiger partial charge in [0.15, 0.2) is 10.9 Å². The number of hydroxylamine groups is 2. The molecule has 0 saturated carbocycles. The Morgan fingerprint density at radius 1 is 1.64 bits per heavy atom. The van der Waals surface area contributed by atoms with Crippen LogP contribution in [-0.4, -0.2) is 16.9 Å². The van der Waals surface area contributed by atoms with Gasteiger partial charge in [-0.15, -0.1) is 0 Å². The maximum Gasteiger partial charge on any atom is 0.247 e. The van der Waals surface area contributed by atoms with Crippen LogP contribution in [0.4, 0.5) is 0 Å². The highest BCUT2D eigenvalue weighted by Crippen LogP contribution is 2.13. The topological polar surface area (TPSA) is 91.7 Å². The molecular weight excluding hydrogens is 154 g/mol. The summed E-state index contributed by atoms with van der Waals surface area (Å²) in [7, 11) is 0. The summed E-state index contributed by atoms with van der Waals surface area (Å²) in [6.45, 7) is 0.464. The van der Waals surface area contributed by atoms with Crippen LogP contribution < -0.4 is 16.1 Å². The van der Waals surface area contributed by atoms with E-state index in [1.165, 1.54) is 0 Å². The molecule has 0 aliphatic carbocycles. The second-order valence-electron chi connectivity index (χ2n) is 1.96. The molecule has 0 unspecified atom stereocenters. The molecule has 2 heterocycles. The molecule has 0 aromatic rings. The summed E-state index contributed by atoms with van der Waals surface area (Å²) < 4.78 is 0. The number of hydrogen-bond donors (Lipinski definition) is 3. The first-order valence-corrected chi connectivity index (χ1v) is 2.88. The molecule has 0 atom stereocenters. The quantitative estimate of drug-likeness (QED) is 0.307. The molecule has 0 aromatic carbocycles. The zero-order chi connectivity index (χ0) is 7.84. The van der Waals surface area contributed by atoms with Gasteiger partial charge in [0.05, 0.1) is 11.8 Å². The second-order valence-corrected chi connectivity index (χ2v) is 1.96. The summed E-state index contributed by atoms with van der Waals surface area (Å²) >= 11 is 0. The molecule has 8 nitrogen and oxygen atoms in total. The fourth-order valence-corrected chi connectivity index (χ4v) is 0.886. The second kappa shape index (κ2) is 1.89. The van der Waals surface area contributed by atoms with Gasteiger partial charge in [-0.2, -0.15) is 0 Å². The van der Waals surface area contributed by atoms with Crippen LogP contribution in [0.1, 0.15) is 0 Å². The standard InChI is InChI=1S/C3H5N5O3/c9-8(10)7-3-2(6-11-7)4-1-5-3/h4-6H,1H2. The van der Waals surface area contributed by atoms with Crippen LogP contribution in [0, 0.1) is 10.1 Å². The zero-order valence-electron chi connectivity index (χ0n) is 5.33. The van der Waals surface area contributed by atoms with Crippen LogP contribution >= 0.6 is 0 Å². The number of rotatable bonds is 1. The van der Waals surface area contributed by atoms with Crippen molar-refractivity contribution in [3.8, 4) is 0 Å². The lowest BCUT2D eigenvalue weighted by Crippen LogP contribution is -2.35. The smallest absolute Gasteiger partial charge is 0.247 e. The molecule has 0 spiro atoms. The van der Waals surface area contributed by atoms with Gasteiger partial charge in [0.2, 0.25) is 5.82 Å². The molecule has 0 aromatic heterocycles. The van der Waals surface area contributed by atoms with E-state index in [4.69, 9.17) is 0 Å². The highest BCUT2D eigenvalue weighted by Gasteiger charge is 2.36. The number of hydrazine groups is 1. The van der Waals surface area contributed by atoms with Crippen LogP contribution in [0.5, 0.6) is 0 Å². The van der Waals surface area contributed by atoms with Gasteiger partial charge in [0.25, 0.3) is 0 Å². The van der Waals surface area contributed by atoms with E-state index in [0.29, 0.717) is 23.5 Å². The minimum atomic E-state index is -0.671. The van der Waals surface area contributed by atoms with Crippen molar-refractivity contribution in [1.29, 1.82) is 0 Å². The average Bonchev–Trinajstić information content (AvgIpc) is 2.41. The lowest BCUT2D eigenvalue weighted by atomic mass is 10.7. The molecule has 8 heteroatoms. The summed E-state index contributed by atoms with van der Waals surface area (Å²) in [5.74, 6) is 0.789. The Morgan fingerprint density at radius 2 is 2.45 bits per heavy atom. The van der Waals surface area contributed by atoms with Crippen LogP contribution in [0.2, 0.25) is 0 Å². The lowest BCUT2D eigenvalue weighted by molar-refractivity contribution is -0.723. The Morgan fingerprint density at radius 3 is 3.18 bits per heavy atom. The third kappa shape index (κ3) is 0.726. The van der Waals surface area contributed by atoms with Crippen molar-refractivity contribution >= 4 is 0 Å². The third-order valence-electron chi connectivity index (χ3n) is 1.33. The molecule has 3 N–H and O–H groups in total. The fraction of sp³-hybridized carbons (Fsp3) is 0.333. The number of nitrogens with one attached hydrogen (secondary N) is 3. The minimum absolute atomic E-state index is 0.301. The maximum absolute atomic E-state index is 10.2. The molecule has 60 valence electrons. The Hall–Kier alpha value is -1.70. The number of nitrogens with zero attached hydrogens (tertiary/aromatic N) is 2. The highest BCUT2D eigenvalue weighted by atomic mass is 16.9. The molecule has 2 aliphatic rings. The molecule has 2 rings (SSSR count). The number of hydrogen-bond acceptors (Lipinski definition) is 6. The van der Waals surface area contributed by atoms with E-state index in [1.807, 2.05) is 0 Å². The van der Waals surface area contributed by atoms with Crippen molar-refractivity contribution in [2.45, 2.75) is 0 Å². The van der Waals surface area contributed by atoms with E-state index in [0.717, 1.165) is 0 Å². The van der Waals surface area contributed by atoms with E-state index >= 15 is 0 Å². The van der Waals surface area contributed by atoms with Crippen molar-refractivity contribution in [2.75, 3.05) is 6.67 Å². The normalized spacial score (nSPS) is 20.5. The van der Waals surface area contributed by atoms with Crippen molar-refractivity contribution in [2.24, 2.45) is 0 Å². The zero-order valence-corrected chi connectivity index (χ0v) is 5.33. The van der Waals surface area contributed by atoms with Crippen molar-refractivity contribution < 1.29 is 9.97 Å². The van der Waals surface area contributed by atoms with Crippen molar-refractivity contribution in [1.82, 2.24) is 21.3 Å². The van der Waals surface area contributed by atoms with Gasteiger partial charge < -0.3 is 10.6 Å². The summed E-state index contributed by atoms with van der Waals surface area (Å²) in [5, 5.41) is 15.6. The molecular formula is C3H5N5O3. The summed E-state index contributed by atoms with van der Waals surface area (Å²) in [4.78, 5) is 14.7. The third-order valence-corrected chi connectivity index (χ3v) is 1.33. The highest BCUT2D eigenvalue weighted by molar-refractivity contribution is 5.11. The first kappa shape index (κ1) is 6.04. The molecule has 0 radical (unpaired) electrons. The number of nitro groups is 1. The van der Waals surface area contributed by atoms with E-state index < -0.39 is 5.03 Å². The Kier molecular flexibility index (Phi) is 1.04. The molecule has 0 bridgehead atoms. The van der Waals surface area contributed by atoms with Crippen LogP contribution in [0.15, 0.2) is 11.6 Å². The SMILES string of the molecule is O=[N+]([O-])N1ONC2=C1NCN2. The molecule has 0 fully saturated rings. The Bertz CT molecular complexity index is 237. The first-order valence-electron chi connectivity index (χ1n) is 2.88. The van der Waals surface area contributed by atoms with Gasteiger partial charge in [-0.25, -0.2) is 15.6 Å². The van der Waals surface area contributed by atoms with Gasteiger partial charge in [-0.1, -0.05) is 4.94 Å². The van der Waals surface area contributed by atoms with Crippen molar-refractivity contribution in [3.05, 3.63) is 21.8 Å². The molecule has 11 heavy (non-hydrogen) atoms. The maximum atomic E-state index is 10.2. The van der Waals surface area contributed by atoms with E-state index in [1.54, 1.807) is 0 Å². The largest absolute Gasteiger partial charge is 0.350 e. The fourth-order valence-electron chi connectivity index (χ4n) is 0.886. The lowest BCUT2D eigenvalue weighted by Gasteiger charge is -2.06. The average molecular weight is 159 g/mol. The first-order chi connectivity index (χ1) is 5.29. The van der Waals surface area contributed by atoms with E-state index in [2.05, 4.69) is 21.1 Å². The monoisotopic (exact) mass is 159 g/mol. The summed E-state index contributed by atoms with van der Waals surface area (Å²) in [6, 6.07) is 0. The van der Waals surface area contributed by atoms with Gasteiger partial charge in [-0.3, -0.25) is 0 Å². The Labute approximate surface area is 60.8 Å². The van der Waals surface area contributed by atoms with Gasteiger partial charge in [0.1, 0.15) is 0 Å². The van der Waals surface area contributed by atoms with E-state index in [-0.39, 0.29) is 0 Å². The van der Waals surface area contributed by atoms with Crippen molar-refractivity contribution in [3.63, 3.8) is 0 Å². The Balaban J connectivity index is 2.22. The summed E-state index contributed by atoms with van der Waals surface area (Å²) in [5.41, 5.74) is 2.34.